The Morgan fingerprint density at radius 2 is 0.471 bits per heavy atom. The molecule has 0 fully saturated rings. The second-order valence-electron chi connectivity index (χ2n) is 17.3. The van der Waals surface area contributed by atoms with Crippen molar-refractivity contribution in [3.63, 3.8) is 0 Å². The van der Waals surface area contributed by atoms with Crippen LogP contribution in [-0.4, -0.2) is 0 Å². The van der Waals surface area contributed by atoms with Crippen molar-refractivity contribution in [1.82, 2.24) is 0 Å². The van der Waals surface area contributed by atoms with Crippen molar-refractivity contribution in [1.29, 1.82) is 0 Å². The van der Waals surface area contributed by atoms with Gasteiger partial charge in [-0.05, 0) is 142 Å². The molecule has 0 unspecified atom stereocenters. The van der Waals surface area contributed by atoms with E-state index in [4.69, 9.17) is 0 Å². The quantitative estimate of drug-likeness (QED) is 0.107. The maximum atomic E-state index is 2.33. The summed E-state index contributed by atoms with van der Waals surface area (Å²) in [6.45, 7) is 4.26. The Hall–Kier alpha value is -8.72. The Balaban J connectivity index is 0.937. The van der Waals surface area contributed by atoms with Gasteiger partial charge >= 0.3 is 0 Å². The van der Waals surface area contributed by atoms with Crippen molar-refractivity contribution in [2.45, 2.75) is 13.8 Å². The van der Waals surface area contributed by atoms with Gasteiger partial charge in [0.2, 0.25) is 0 Å². The predicted molar refractivity (Wildman–Crippen MR) is 292 cm³/mol. The van der Waals surface area contributed by atoms with Gasteiger partial charge in [-0.15, -0.1) is 0 Å². The molecule has 0 amide bonds. The van der Waals surface area contributed by atoms with Gasteiger partial charge in [-0.3, -0.25) is 0 Å². The number of hydrogen-bond acceptors (Lipinski definition) is 2. The first-order valence-electron chi connectivity index (χ1n) is 23.3. The van der Waals surface area contributed by atoms with Gasteiger partial charge in [0.25, 0.3) is 0 Å². The van der Waals surface area contributed by atoms with E-state index in [2.05, 4.69) is 303 Å². The summed E-state index contributed by atoms with van der Waals surface area (Å²) < 4.78 is 0. The summed E-state index contributed by atoms with van der Waals surface area (Å²) in [6, 6.07) is 91.5. The topological polar surface area (TPSA) is 6.48 Å². The maximum Gasteiger partial charge on any atom is 0.0462 e. The number of benzene rings is 10. The van der Waals surface area contributed by atoms with Crippen LogP contribution in [0.15, 0.2) is 255 Å². The lowest BCUT2D eigenvalue weighted by Gasteiger charge is -2.26. The minimum absolute atomic E-state index is 1.09. The summed E-state index contributed by atoms with van der Waals surface area (Å²) in [7, 11) is 0. The molecule has 0 heterocycles. The van der Waals surface area contributed by atoms with E-state index in [1.54, 1.807) is 0 Å². The summed E-state index contributed by atoms with van der Waals surface area (Å²) in [5.74, 6) is 0. The van der Waals surface area contributed by atoms with Gasteiger partial charge in [0.05, 0.1) is 0 Å². The third kappa shape index (κ3) is 10.2. The van der Waals surface area contributed by atoms with E-state index in [1.807, 2.05) is 0 Å². The van der Waals surface area contributed by atoms with Crippen LogP contribution < -0.4 is 9.80 Å². The van der Waals surface area contributed by atoms with Crippen LogP contribution in [0, 0.1) is 13.8 Å². The molecule has 0 radical (unpaired) electrons. The largest absolute Gasteiger partial charge is 0.311 e. The van der Waals surface area contributed by atoms with Gasteiger partial charge < -0.3 is 9.80 Å². The molecule has 10 rings (SSSR count). The highest BCUT2D eigenvalue weighted by atomic mass is 15.1. The molecule has 0 N–H and O–H groups in total. The molecule has 68 heavy (non-hydrogen) atoms. The fourth-order valence-corrected chi connectivity index (χ4v) is 8.77. The highest BCUT2D eigenvalue weighted by Gasteiger charge is 2.16. The van der Waals surface area contributed by atoms with Crippen molar-refractivity contribution in [3.05, 3.63) is 288 Å². The van der Waals surface area contributed by atoms with E-state index >= 15 is 0 Å². The van der Waals surface area contributed by atoms with Crippen LogP contribution in [0.1, 0.15) is 33.4 Å². The van der Waals surface area contributed by atoms with Gasteiger partial charge in [-0.1, -0.05) is 217 Å². The molecule has 2 heteroatoms. The van der Waals surface area contributed by atoms with Crippen molar-refractivity contribution in [2.75, 3.05) is 9.80 Å². The first-order valence-corrected chi connectivity index (χ1v) is 23.3. The molecule has 0 bridgehead atoms. The Morgan fingerprint density at radius 3 is 0.750 bits per heavy atom. The molecule has 0 saturated heterocycles. The maximum absolute atomic E-state index is 2.33. The van der Waals surface area contributed by atoms with Gasteiger partial charge in [0.15, 0.2) is 0 Å². The molecule has 0 spiro atoms. The van der Waals surface area contributed by atoms with Crippen LogP contribution in [0.3, 0.4) is 0 Å². The predicted octanol–water partition coefficient (Wildman–Crippen LogP) is 18.6. The number of hydrogen-bond donors (Lipinski definition) is 0. The molecule has 0 aliphatic carbocycles. The lowest BCUT2D eigenvalue weighted by atomic mass is 10.0. The van der Waals surface area contributed by atoms with E-state index in [0.29, 0.717) is 0 Å². The zero-order valence-electron chi connectivity index (χ0n) is 38.5. The zero-order chi connectivity index (χ0) is 46.1. The Morgan fingerprint density at radius 1 is 0.221 bits per heavy atom. The van der Waals surface area contributed by atoms with Crippen molar-refractivity contribution in [3.8, 4) is 33.4 Å². The lowest BCUT2D eigenvalue weighted by molar-refractivity contribution is 1.28. The Labute approximate surface area is 401 Å². The van der Waals surface area contributed by atoms with E-state index in [9.17, 15) is 0 Å². The number of aryl methyl sites for hydroxylation is 2. The molecule has 2 nitrogen and oxygen atoms in total. The molecule has 10 aromatic carbocycles. The number of anilines is 6. The molecule has 0 saturated carbocycles. The molecular formula is C66H52N2. The SMILES string of the molecule is Cc1cccc(C=Cc2ccc(N(c3ccc(-c4ccccc4)cc3)c3ccc(-c4ccc(N(c5ccc(C=Cc6cccc(C)c6)cc5)c5ccc(-c6ccccc6)cc5)cc4)cc3)cc2)c1. The molecule has 0 atom stereocenters. The molecule has 0 aliphatic rings. The highest BCUT2D eigenvalue weighted by molar-refractivity contribution is 5.83. The van der Waals surface area contributed by atoms with Gasteiger partial charge in [0, 0.05) is 34.1 Å². The van der Waals surface area contributed by atoms with E-state index in [0.717, 1.165) is 56.4 Å². The van der Waals surface area contributed by atoms with Crippen molar-refractivity contribution in [2.24, 2.45) is 0 Å². The molecular weight excluding hydrogens is 821 g/mol. The molecule has 10 aromatic rings. The minimum Gasteiger partial charge on any atom is -0.311 e. The van der Waals surface area contributed by atoms with Crippen LogP contribution in [0.2, 0.25) is 0 Å². The highest BCUT2D eigenvalue weighted by Crippen LogP contribution is 2.39. The smallest absolute Gasteiger partial charge is 0.0462 e. The van der Waals surface area contributed by atoms with Gasteiger partial charge in [-0.2, -0.15) is 0 Å². The normalized spacial score (nSPS) is 11.3. The summed E-state index contributed by atoms with van der Waals surface area (Å²) in [5.41, 5.74) is 20.9. The summed E-state index contributed by atoms with van der Waals surface area (Å²) in [4.78, 5) is 4.67. The first-order chi connectivity index (χ1) is 33.5. The Bertz CT molecular complexity index is 3050. The summed E-state index contributed by atoms with van der Waals surface area (Å²) in [6.07, 6.45) is 8.72. The van der Waals surface area contributed by atoms with E-state index in [-0.39, 0.29) is 0 Å². The van der Waals surface area contributed by atoms with Gasteiger partial charge in [0.1, 0.15) is 0 Å². The lowest BCUT2D eigenvalue weighted by Crippen LogP contribution is -2.10. The fourth-order valence-electron chi connectivity index (χ4n) is 8.77. The van der Waals surface area contributed by atoms with Crippen molar-refractivity contribution >= 4 is 58.4 Å². The standard InChI is InChI=1S/C66H52N2/c1-49-11-9-13-53(47-49)21-19-51-23-35-61(36-24-51)67(63-39-27-57(28-40-63)55-15-5-3-6-16-55)65-43-31-59(32-44-65)60-33-45-66(46-34-60)68(64-41-29-58(30-42-64)56-17-7-4-8-18-56)62-37-25-52(26-38-62)20-22-54-14-10-12-50(2)48-54/h3-48H,1-2H3. The summed E-state index contributed by atoms with van der Waals surface area (Å²) in [5, 5.41) is 0. The van der Waals surface area contributed by atoms with Crippen LogP contribution >= 0.6 is 0 Å². The second kappa shape index (κ2) is 20.2. The zero-order valence-corrected chi connectivity index (χ0v) is 38.5. The molecule has 0 aromatic heterocycles. The van der Waals surface area contributed by atoms with E-state index in [1.165, 1.54) is 44.5 Å². The monoisotopic (exact) mass is 872 g/mol. The second-order valence-corrected chi connectivity index (χ2v) is 17.3. The van der Waals surface area contributed by atoms with Gasteiger partial charge in [-0.25, -0.2) is 0 Å². The number of rotatable bonds is 13. The Kier molecular flexibility index (Phi) is 12.8. The van der Waals surface area contributed by atoms with Crippen LogP contribution in [0.4, 0.5) is 34.1 Å². The van der Waals surface area contributed by atoms with Crippen LogP contribution in [0.25, 0.3) is 57.7 Å². The van der Waals surface area contributed by atoms with Crippen LogP contribution in [0.5, 0.6) is 0 Å². The fraction of sp³-hybridized carbons (Fsp3) is 0.0303. The first kappa shape index (κ1) is 43.2. The minimum atomic E-state index is 1.09. The molecule has 0 aliphatic heterocycles. The van der Waals surface area contributed by atoms with E-state index < -0.39 is 0 Å². The third-order valence-corrected chi connectivity index (χ3v) is 12.4. The average Bonchev–Trinajstić information content (AvgIpc) is 3.40. The molecule has 326 valence electrons. The summed E-state index contributed by atoms with van der Waals surface area (Å²) >= 11 is 0. The van der Waals surface area contributed by atoms with Crippen LogP contribution in [-0.2, 0) is 0 Å². The number of nitrogens with zero attached hydrogens (tertiary/aromatic N) is 2. The van der Waals surface area contributed by atoms with Crippen molar-refractivity contribution < 1.29 is 0 Å². The average molecular weight is 873 g/mol. The third-order valence-electron chi connectivity index (χ3n) is 12.4.